The van der Waals surface area contributed by atoms with Crippen LogP contribution in [0.15, 0.2) is 18.5 Å². The lowest BCUT2D eigenvalue weighted by Crippen LogP contribution is -2.33. The fourth-order valence-electron chi connectivity index (χ4n) is 3.11. The average molecular weight is 303 g/mol. The van der Waals surface area contributed by atoms with E-state index in [0.29, 0.717) is 18.7 Å². The van der Waals surface area contributed by atoms with E-state index in [1.807, 2.05) is 30.7 Å². The van der Waals surface area contributed by atoms with Crippen LogP contribution in [0, 0.1) is 12.8 Å². The molecule has 1 aliphatic carbocycles. The highest BCUT2D eigenvalue weighted by molar-refractivity contribution is 5.92. The molecule has 0 saturated heterocycles. The number of carbonyl (C=O) groups excluding carboxylic acids is 1. The largest absolute Gasteiger partial charge is 0.393 e. The molecule has 0 aromatic carbocycles. The number of aromatic amines is 1. The monoisotopic (exact) mass is 303 g/mol. The number of aryl methyl sites for hydroxylation is 1. The van der Waals surface area contributed by atoms with Gasteiger partial charge in [-0.05, 0) is 31.9 Å². The third-order valence-electron chi connectivity index (χ3n) is 4.61. The van der Waals surface area contributed by atoms with Crippen molar-refractivity contribution >= 4 is 5.91 Å². The Hall–Kier alpha value is -2.15. The van der Waals surface area contributed by atoms with Gasteiger partial charge < -0.3 is 15.0 Å². The Bertz CT molecular complexity index is 649. The fraction of sp³-hybridized carbons (Fsp3) is 0.533. The normalized spacial score (nSPS) is 24.6. The molecule has 0 spiro atoms. The fourth-order valence-corrected chi connectivity index (χ4v) is 3.11. The van der Waals surface area contributed by atoms with E-state index in [9.17, 15) is 9.90 Å². The number of amides is 1. The molecule has 2 aromatic rings. The Morgan fingerprint density at radius 3 is 2.95 bits per heavy atom. The van der Waals surface area contributed by atoms with Crippen LogP contribution in [0.2, 0.25) is 0 Å². The number of H-pyrrole nitrogens is 1. The third kappa shape index (κ3) is 2.76. The van der Waals surface area contributed by atoms with E-state index >= 15 is 0 Å². The molecular weight excluding hydrogens is 282 g/mol. The Balaban J connectivity index is 1.57. The Kier molecular flexibility index (Phi) is 3.98. The molecule has 1 aliphatic rings. The number of aliphatic hydroxyl groups excluding tert-OH is 1. The Morgan fingerprint density at radius 2 is 2.32 bits per heavy atom. The van der Waals surface area contributed by atoms with Crippen LogP contribution in [-0.2, 0) is 7.05 Å². The van der Waals surface area contributed by atoms with Crippen LogP contribution in [0.3, 0.4) is 0 Å². The van der Waals surface area contributed by atoms with Crippen molar-refractivity contribution in [3.05, 3.63) is 35.7 Å². The summed E-state index contributed by atoms with van der Waals surface area (Å²) in [5.74, 6) is 0.925. The van der Waals surface area contributed by atoms with E-state index in [1.165, 1.54) is 6.33 Å². The second kappa shape index (κ2) is 5.92. The number of nitrogens with zero attached hydrogens (tertiary/aromatic N) is 3. The summed E-state index contributed by atoms with van der Waals surface area (Å²) in [7, 11) is 1.87. The average Bonchev–Trinajstić information content (AvgIpc) is 3.19. The molecule has 3 N–H and O–H groups in total. The van der Waals surface area contributed by atoms with Crippen molar-refractivity contribution in [2.75, 3.05) is 6.54 Å². The summed E-state index contributed by atoms with van der Waals surface area (Å²) >= 11 is 0. The van der Waals surface area contributed by atoms with Gasteiger partial charge in [0.25, 0.3) is 5.91 Å². The van der Waals surface area contributed by atoms with E-state index in [-0.39, 0.29) is 17.7 Å². The Morgan fingerprint density at radius 1 is 1.50 bits per heavy atom. The molecule has 0 bridgehead atoms. The van der Waals surface area contributed by atoms with E-state index < -0.39 is 6.10 Å². The molecular formula is C15H21N5O2. The van der Waals surface area contributed by atoms with Crippen molar-refractivity contribution in [3.63, 3.8) is 0 Å². The molecule has 1 amide bonds. The molecule has 2 aromatic heterocycles. The lowest BCUT2D eigenvalue weighted by atomic mass is 10.0. The van der Waals surface area contributed by atoms with Crippen LogP contribution in [0.5, 0.6) is 0 Å². The van der Waals surface area contributed by atoms with Crippen LogP contribution in [-0.4, -0.2) is 43.4 Å². The summed E-state index contributed by atoms with van der Waals surface area (Å²) in [6.07, 6.45) is 2.50. The second-order valence-corrected chi connectivity index (χ2v) is 6.00. The summed E-state index contributed by atoms with van der Waals surface area (Å²) in [5, 5.41) is 19.8. The lowest BCUT2D eigenvalue weighted by molar-refractivity contribution is 0.0908. The number of aromatic nitrogens is 4. The van der Waals surface area contributed by atoms with Crippen LogP contribution in [0.25, 0.3) is 0 Å². The highest BCUT2D eigenvalue weighted by Gasteiger charge is 2.35. The number of aliphatic hydroxyl groups is 1. The number of hydrogen-bond donors (Lipinski definition) is 3. The number of hydrogen-bond acceptors (Lipinski definition) is 4. The zero-order chi connectivity index (χ0) is 15.7. The van der Waals surface area contributed by atoms with Gasteiger partial charge in [-0.2, -0.15) is 5.10 Å². The van der Waals surface area contributed by atoms with Crippen LogP contribution < -0.4 is 5.32 Å². The first-order chi connectivity index (χ1) is 10.6. The van der Waals surface area contributed by atoms with Crippen molar-refractivity contribution < 1.29 is 9.90 Å². The first-order valence-corrected chi connectivity index (χ1v) is 7.50. The van der Waals surface area contributed by atoms with Crippen molar-refractivity contribution in [1.29, 1.82) is 0 Å². The van der Waals surface area contributed by atoms with Gasteiger partial charge in [0.1, 0.15) is 17.8 Å². The van der Waals surface area contributed by atoms with Crippen molar-refractivity contribution in [1.82, 2.24) is 25.1 Å². The molecule has 0 unspecified atom stereocenters. The first-order valence-electron chi connectivity index (χ1n) is 7.50. The highest BCUT2D eigenvalue weighted by atomic mass is 16.3. The van der Waals surface area contributed by atoms with Gasteiger partial charge in [0.15, 0.2) is 0 Å². The second-order valence-electron chi connectivity index (χ2n) is 6.00. The minimum Gasteiger partial charge on any atom is -0.393 e. The van der Waals surface area contributed by atoms with E-state index in [0.717, 1.165) is 17.9 Å². The van der Waals surface area contributed by atoms with Gasteiger partial charge in [0, 0.05) is 31.1 Å². The van der Waals surface area contributed by atoms with E-state index in [1.54, 1.807) is 0 Å². The number of nitrogens with one attached hydrogen (secondary N) is 2. The summed E-state index contributed by atoms with van der Waals surface area (Å²) < 4.78 is 1.86. The smallest absolute Gasteiger partial charge is 0.267 e. The van der Waals surface area contributed by atoms with E-state index in [2.05, 4.69) is 20.5 Å². The first kappa shape index (κ1) is 14.8. The maximum Gasteiger partial charge on any atom is 0.267 e. The Labute approximate surface area is 128 Å². The molecule has 3 rings (SSSR count). The molecule has 7 heteroatoms. The minimum atomic E-state index is -0.425. The molecule has 3 atom stereocenters. The predicted octanol–water partition coefficient (Wildman–Crippen LogP) is 0.736. The zero-order valence-electron chi connectivity index (χ0n) is 12.8. The van der Waals surface area contributed by atoms with Gasteiger partial charge in [-0.1, -0.05) is 0 Å². The topological polar surface area (TPSA) is 95.8 Å². The molecule has 7 nitrogen and oxygen atoms in total. The molecule has 1 fully saturated rings. The minimum absolute atomic E-state index is 0.0421. The van der Waals surface area contributed by atoms with Gasteiger partial charge >= 0.3 is 0 Å². The van der Waals surface area contributed by atoms with Crippen molar-refractivity contribution in [2.24, 2.45) is 13.0 Å². The van der Waals surface area contributed by atoms with Gasteiger partial charge in [0.05, 0.1) is 6.10 Å². The number of carbonyl (C=O) groups is 1. The van der Waals surface area contributed by atoms with Gasteiger partial charge in [-0.25, -0.2) is 4.98 Å². The van der Waals surface area contributed by atoms with Crippen LogP contribution in [0.4, 0.5) is 0 Å². The maximum absolute atomic E-state index is 12.2. The zero-order valence-corrected chi connectivity index (χ0v) is 12.8. The molecule has 22 heavy (non-hydrogen) atoms. The summed E-state index contributed by atoms with van der Waals surface area (Å²) in [5.41, 5.74) is 1.67. The molecule has 118 valence electrons. The summed E-state index contributed by atoms with van der Waals surface area (Å²) in [6.45, 7) is 2.42. The third-order valence-corrected chi connectivity index (χ3v) is 4.61. The van der Waals surface area contributed by atoms with Crippen molar-refractivity contribution in [3.8, 4) is 0 Å². The summed E-state index contributed by atoms with van der Waals surface area (Å²) in [4.78, 5) is 16.4. The summed E-state index contributed by atoms with van der Waals surface area (Å²) in [6, 6.07) is 3.73. The van der Waals surface area contributed by atoms with Crippen molar-refractivity contribution in [2.45, 2.75) is 31.8 Å². The molecule has 1 saturated carbocycles. The number of rotatable bonds is 4. The molecule has 0 aliphatic heterocycles. The molecule has 2 heterocycles. The quantitative estimate of drug-likeness (QED) is 0.776. The van der Waals surface area contributed by atoms with E-state index in [4.69, 9.17) is 0 Å². The van der Waals surface area contributed by atoms with Crippen LogP contribution in [0.1, 0.15) is 40.8 Å². The van der Waals surface area contributed by atoms with Gasteiger partial charge in [0.2, 0.25) is 0 Å². The molecule has 0 radical (unpaired) electrons. The SMILES string of the molecule is Cc1ccc(C(=O)NC[C@@H]2C[C@@H](c3ncn[nH]3)C[C@@H]2O)n1C. The van der Waals surface area contributed by atoms with Crippen LogP contribution >= 0.6 is 0 Å². The maximum atomic E-state index is 12.2. The standard InChI is InChI=1S/C15H21N5O2/c1-9-3-4-12(20(9)2)15(22)16-7-11-5-10(6-13(11)21)14-17-8-18-19-14/h3-4,8,10-11,13,21H,5-7H2,1-2H3,(H,16,22)(H,17,18,19)/t10-,11+,13+/m1/s1. The van der Waals surface area contributed by atoms with Gasteiger partial charge in [-0.3, -0.25) is 9.89 Å². The lowest BCUT2D eigenvalue weighted by Gasteiger charge is -2.15. The highest BCUT2D eigenvalue weighted by Crippen LogP contribution is 2.36. The van der Waals surface area contributed by atoms with Gasteiger partial charge in [-0.15, -0.1) is 0 Å². The predicted molar refractivity (Wildman–Crippen MR) is 80.3 cm³/mol.